The molecule has 1 aromatic rings. The highest BCUT2D eigenvalue weighted by Gasteiger charge is 2.19. The van der Waals surface area contributed by atoms with Crippen molar-refractivity contribution < 1.29 is 14.7 Å². The van der Waals surface area contributed by atoms with Crippen molar-refractivity contribution in [3.63, 3.8) is 0 Å². The van der Waals surface area contributed by atoms with E-state index in [9.17, 15) is 4.79 Å². The summed E-state index contributed by atoms with van der Waals surface area (Å²) in [5.74, 6) is 0. The molecule has 0 atom stereocenters. The first kappa shape index (κ1) is 14.8. The highest BCUT2D eigenvalue weighted by molar-refractivity contribution is 5.73. The van der Waals surface area contributed by atoms with E-state index in [1.165, 1.54) is 0 Å². The average Bonchev–Trinajstić information content (AvgIpc) is 2.99. The van der Waals surface area contributed by atoms with Crippen LogP contribution in [0.4, 0.5) is 4.79 Å². The summed E-state index contributed by atoms with van der Waals surface area (Å²) < 4.78 is 0. The summed E-state index contributed by atoms with van der Waals surface area (Å²) in [7, 11) is 0. The molecule has 0 heterocycles. The molecular formula is C15H22N2O3. The van der Waals surface area contributed by atoms with Crippen molar-refractivity contribution in [2.24, 2.45) is 0 Å². The topological polar surface area (TPSA) is 61.8 Å². The Morgan fingerprint density at radius 1 is 1.30 bits per heavy atom. The molecule has 0 saturated heterocycles. The molecule has 2 N–H and O–H groups in total. The van der Waals surface area contributed by atoms with Gasteiger partial charge in [0.05, 0.1) is 12.7 Å². The van der Waals surface area contributed by atoms with Crippen LogP contribution in [0.25, 0.3) is 0 Å². The Morgan fingerprint density at radius 2 is 2.00 bits per heavy atom. The van der Waals surface area contributed by atoms with Gasteiger partial charge in [-0.2, -0.15) is 0 Å². The van der Waals surface area contributed by atoms with Gasteiger partial charge in [0.1, 0.15) is 0 Å². The number of aliphatic hydroxyl groups excluding tert-OH is 1. The first-order chi connectivity index (χ1) is 9.79. The summed E-state index contributed by atoms with van der Waals surface area (Å²) in [5, 5.41) is 9.08. The number of nitrogens with one attached hydrogen (secondary N) is 1. The summed E-state index contributed by atoms with van der Waals surface area (Å²) in [4.78, 5) is 19.0. The molecule has 5 heteroatoms. The van der Waals surface area contributed by atoms with Crippen LogP contribution >= 0.6 is 0 Å². The number of carbonyl (C=O) groups is 1. The predicted octanol–water partition coefficient (Wildman–Crippen LogP) is 2.06. The molecule has 2 rings (SSSR count). The molecule has 110 valence electrons. The molecule has 0 aromatic heterocycles. The standard InChI is InChI=1S/C15H22N2O3/c18-11-10-17(12-13-6-2-1-3-7-13)15(19)16-20-14-8-4-5-9-14/h1-3,6-7,14,18H,4-5,8-12H2,(H,16,19). The lowest BCUT2D eigenvalue weighted by Crippen LogP contribution is -2.42. The minimum absolute atomic E-state index is 0.0658. The van der Waals surface area contributed by atoms with E-state index in [-0.39, 0.29) is 25.3 Å². The number of nitrogens with zero attached hydrogens (tertiary/aromatic N) is 1. The van der Waals surface area contributed by atoms with Gasteiger partial charge in [-0.15, -0.1) is 0 Å². The van der Waals surface area contributed by atoms with Crippen molar-refractivity contribution in [1.29, 1.82) is 0 Å². The summed E-state index contributed by atoms with van der Waals surface area (Å²) in [5.41, 5.74) is 3.53. The molecule has 0 bridgehead atoms. The van der Waals surface area contributed by atoms with Crippen molar-refractivity contribution in [1.82, 2.24) is 10.4 Å². The van der Waals surface area contributed by atoms with Gasteiger partial charge >= 0.3 is 6.03 Å². The number of amides is 2. The summed E-state index contributed by atoms with van der Waals surface area (Å²) in [6.45, 7) is 0.680. The van der Waals surface area contributed by atoms with Gasteiger partial charge in [0.15, 0.2) is 0 Å². The van der Waals surface area contributed by atoms with Gasteiger partial charge in [-0.1, -0.05) is 43.2 Å². The maximum absolute atomic E-state index is 12.1. The van der Waals surface area contributed by atoms with Crippen LogP contribution in [-0.4, -0.2) is 35.3 Å². The maximum atomic E-state index is 12.1. The number of carbonyl (C=O) groups excluding carboxylic acids is 1. The van der Waals surface area contributed by atoms with Gasteiger partial charge in [0.25, 0.3) is 0 Å². The third kappa shape index (κ3) is 4.51. The zero-order valence-corrected chi connectivity index (χ0v) is 11.6. The Balaban J connectivity index is 1.84. The van der Waals surface area contributed by atoms with Gasteiger partial charge in [-0.25, -0.2) is 10.3 Å². The van der Waals surface area contributed by atoms with Crippen LogP contribution in [0.2, 0.25) is 0 Å². The van der Waals surface area contributed by atoms with E-state index in [0.717, 1.165) is 31.2 Å². The number of aliphatic hydroxyl groups is 1. The second-order valence-corrected chi connectivity index (χ2v) is 5.06. The van der Waals surface area contributed by atoms with Crippen LogP contribution in [-0.2, 0) is 11.4 Å². The molecule has 0 aliphatic heterocycles. The first-order valence-electron chi connectivity index (χ1n) is 7.15. The Bertz CT molecular complexity index is 405. The van der Waals surface area contributed by atoms with Crippen LogP contribution < -0.4 is 5.48 Å². The van der Waals surface area contributed by atoms with Crippen molar-refractivity contribution in [2.75, 3.05) is 13.2 Å². The van der Waals surface area contributed by atoms with Crippen LogP contribution in [0.15, 0.2) is 30.3 Å². The lowest BCUT2D eigenvalue weighted by Gasteiger charge is -2.23. The molecule has 1 aliphatic rings. The normalized spacial score (nSPS) is 15.2. The molecule has 0 radical (unpaired) electrons. The number of hydroxylamine groups is 1. The Labute approximate surface area is 119 Å². The highest BCUT2D eigenvalue weighted by atomic mass is 16.7. The molecule has 5 nitrogen and oxygen atoms in total. The first-order valence-corrected chi connectivity index (χ1v) is 7.15. The molecule has 1 saturated carbocycles. The third-order valence-corrected chi connectivity index (χ3v) is 3.49. The number of rotatable bonds is 6. The largest absolute Gasteiger partial charge is 0.395 e. The molecule has 2 amide bonds. The van der Waals surface area contributed by atoms with Gasteiger partial charge in [0.2, 0.25) is 0 Å². The van der Waals surface area contributed by atoms with E-state index >= 15 is 0 Å². The Kier molecular flexibility index (Phi) is 5.83. The van der Waals surface area contributed by atoms with E-state index < -0.39 is 0 Å². The zero-order valence-electron chi connectivity index (χ0n) is 11.6. The molecular weight excluding hydrogens is 256 g/mol. The number of urea groups is 1. The van der Waals surface area contributed by atoms with E-state index in [1.54, 1.807) is 4.90 Å². The Hall–Kier alpha value is -1.59. The minimum atomic E-state index is -0.296. The molecule has 20 heavy (non-hydrogen) atoms. The van der Waals surface area contributed by atoms with Gasteiger partial charge in [-0.3, -0.25) is 4.84 Å². The highest BCUT2D eigenvalue weighted by Crippen LogP contribution is 2.19. The van der Waals surface area contributed by atoms with Gasteiger partial charge in [-0.05, 0) is 18.4 Å². The molecule has 1 fully saturated rings. The fourth-order valence-electron chi connectivity index (χ4n) is 2.38. The number of hydrogen-bond acceptors (Lipinski definition) is 3. The van der Waals surface area contributed by atoms with Crippen molar-refractivity contribution >= 4 is 6.03 Å². The van der Waals surface area contributed by atoms with Crippen molar-refractivity contribution in [3.8, 4) is 0 Å². The minimum Gasteiger partial charge on any atom is -0.395 e. The lowest BCUT2D eigenvalue weighted by molar-refractivity contribution is -0.00940. The van der Waals surface area contributed by atoms with Crippen LogP contribution in [0.3, 0.4) is 0 Å². The zero-order chi connectivity index (χ0) is 14.2. The second-order valence-electron chi connectivity index (χ2n) is 5.06. The van der Waals surface area contributed by atoms with Crippen molar-refractivity contribution in [2.45, 2.75) is 38.3 Å². The van der Waals surface area contributed by atoms with E-state index in [1.807, 2.05) is 30.3 Å². The van der Waals surface area contributed by atoms with Crippen LogP contribution in [0, 0.1) is 0 Å². The maximum Gasteiger partial charge on any atom is 0.341 e. The molecule has 1 aromatic carbocycles. The quantitative estimate of drug-likeness (QED) is 0.783. The molecule has 0 unspecified atom stereocenters. The van der Waals surface area contributed by atoms with E-state index in [2.05, 4.69) is 5.48 Å². The summed E-state index contributed by atoms with van der Waals surface area (Å²) in [6, 6.07) is 9.40. The number of hydrogen-bond donors (Lipinski definition) is 2. The fraction of sp³-hybridized carbons (Fsp3) is 0.533. The third-order valence-electron chi connectivity index (χ3n) is 3.49. The lowest BCUT2D eigenvalue weighted by atomic mass is 10.2. The van der Waals surface area contributed by atoms with Crippen LogP contribution in [0.1, 0.15) is 31.2 Å². The van der Waals surface area contributed by atoms with Crippen molar-refractivity contribution in [3.05, 3.63) is 35.9 Å². The van der Waals surface area contributed by atoms with Crippen LogP contribution in [0.5, 0.6) is 0 Å². The SMILES string of the molecule is O=C(NOC1CCCC1)N(CCO)Cc1ccccc1. The van der Waals surface area contributed by atoms with E-state index in [0.29, 0.717) is 6.54 Å². The van der Waals surface area contributed by atoms with Gasteiger partial charge < -0.3 is 10.0 Å². The summed E-state index contributed by atoms with van der Waals surface area (Å²) in [6.07, 6.45) is 4.44. The average molecular weight is 278 g/mol. The number of benzene rings is 1. The fourth-order valence-corrected chi connectivity index (χ4v) is 2.38. The molecule has 0 spiro atoms. The smallest absolute Gasteiger partial charge is 0.341 e. The van der Waals surface area contributed by atoms with E-state index in [4.69, 9.17) is 9.94 Å². The summed E-state index contributed by atoms with van der Waals surface area (Å²) >= 11 is 0. The molecule has 1 aliphatic carbocycles. The predicted molar refractivity (Wildman–Crippen MR) is 75.8 cm³/mol. The Morgan fingerprint density at radius 3 is 2.65 bits per heavy atom. The monoisotopic (exact) mass is 278 g/mol. The second kappa shape index (κ2) is 7.87. The van der Waals surface area contributed by atoms with Gasteiger partial charge in [0, 0.05) is 13.1 Å².